The molecule has 17 heavy (non-hydrogen) atoms. The smallest absolute Gasteiger partial charge is 0.156 e. The van der Waals surface area contributed by atoms with Crippen LogP contribution in [0.1, 0.15) is 11.1 Å². The Balaban J connectivity index is 1.96. The maximum absolute atomic E-state index is 8.81. The zero-order chi connectivity index (χ0) is 12.1. The van der Waals surface area contributed by atoms with Crippen molar-refractivity contribution in [3.63, 3.8) is 0 Å². The number of hydrogen-bond donors (Lipinski definition) is 0. The quantitative estimate of drug-likeness (QED) is 0.763. The molecule has 0 spiro atoms. The van der Waals surface area contributed by atoms with Crippen LogP contribution < -0.4 is 0 Å². The van der Waals surface area contributed by atoms with Gasteiger partial charge in [0.05, 0.1) is 24.3 Å². The third-order valence-electron chi connectivity index (χ3n) is 2.78. The molecule has 0 N–H and O–H groups in total. The molecule has 1 saturated heterocycles. The number of rotatable bonds is 2. The zero-order valence-electron chi connectivity index (χ0n) is 9.47. The summed E-state index contributed by atoms with van der Waals surface area (Å²) in [4.78, 5) is 2.19. The first-order chi connectivity index (χ1) is 8.31. The molecular weight excluding hydrogens is 214 g/mol. The molecule has 4 heteroatoms. The topological polar surface area (TPSA) is 60.1 Å². The molecule has 4 nitrogen and oxygen atoms in total. The van der Waals surface area contributed by atoms with Crippen molar-refractivity contribution < 1.29 is 4.74 Å². The van der Waals surface area contributed by atoms with Crippen molar-refractivity contribution in [1.82, 2.24) is 4.90 Å². The molecule has 0 saturated carbocycles. The summed E-state index contributed by atoms with van der Waals surface area (Å²) in [5.41, 5.74) is 1.83. The average Bonchev–Trinajstić information content (AvgIpc) is 2.40. The molecule has 1 aromatic carbocycles. The van der Waals surface area contributed by atoms with Gasteiger partial charge in [0.25, 0.3) is 0 Å². The Morgan fingerprint density at radius 2 is 2.06 bits per heavy atom. The van der Waals surface area contributed by atoms with Crippen molar-refractivity contribution in [3.8, 4) is 12.1 Å². The molecule has 1 fully saturated rings. The number of benzene rings is 1. The van der Waals surface area contributed by atoms with E-state index < -0.39 is 0 Å². The second-order valence-electron chi connectivity index (χ2n) is 4.03. The van der Waals surface area contributed by atoms with Crippen molar-refractivity contribution in [3.05, 3.63) is 35.4 Å². The van der Waals surface area contributed by atoms with Crippen LogP contribution in [0.5, 0.6) is 0 Å². The Morgan fingerprint density at radius 3 is 2.71 bits per heavy atom. The van der Waals surface area contributed by atoms with E-state index in [4.69, 9.17) is 15.3 Å². The van der Waals surface area contributed by atoms with Crippen molar-refractivity contribution >= 4 is 0 Å². The van der Waals surface area contributed by atoms with Crippen LogP contribution in [0.3, 0.4) is 0 Å². The molecule has 0 aromatic heterocycles. The third kappa shape index (κ3) is 3.04. The minimum atomic E-state index is -0.317. The summed E-state index contributed by atoms with van der Waals surface area (Å²) in [7, 11) is 0. The molecule has 1 aliphatic heterocycles. The Kier molecular flexibility index (Phi) is 3.72. The second-order valence-corrected chi connectivity index (χ2v) is 4.03. The standard InChI is InChI=1S/C13H13N3O/c14-7-11-1-3-12(4-2-11)9-16-5-6-17-13(8-15)10-16/h1-4,13H,5-6,9-10H2. The monoisotopic (exact) mass is 227 g/mol. The summed E-state index contributed by atoms with van der Waals surface area (Å²) in [5.74, 6) is 0. The predicted octanol–water partition coefficient (Wildman–Crippen LogP) is 1.28. The Hall–Kier alpha value is -1.88. The fraction of sp³-hybridized carbons (Fsp3) is 0.385. The number of morpholine rings is 1. The van der Waals surface area contributed by atoms with Crippen LogP contribution in [0.15, 0.2) is 24.3 Å². The number of hydrogen-bond acceptors (Lipinski definition) is 4. The van der Waals surface area contributed by atoms with Crippen LogP contribution in [0.25, 0.3) is 0 Å². The van der Waals surface area contributed by atoms with Gasteiger partial charge in [0.1, 0.15) is 0 Å². The van der Waals surface area contributed by atoms with Crippen molar-refractivity contribution in [2.24, 2.45) is 0 Å². The van der Waals surface area contributed by atoms with Gasteiger partial charge in [-0.25, -0.2) is 0 Å². The molecule has 1 unspecified atom stereocenters. The maximum Gasteiger partial charge on any atom is 0.156 e. The van der Waals surface area contributed by atoms with Gasteiger partial charge < -0.3 is 4.74 Å². The highest BCUT2D eigenvalue weighted by molar-refractivity contribution is 5.31. The highest BCUT2D eigenvalue weighted by Crippen LogP contribution is 2.11. The largest absolute Gasteiger partial charge is 0.361 e. The predicted molar refractivity (Wildman–Crippen MR) is 61.8 cm³/mol. The van der Waals surface area contributed by atoms with Crippen LogP contribution in [0, 0.1) is 22.7 Å². The lowest BCUT2D eigenvalue weighted by Gasteiger charge is -2.29. The van der Waals surface area contributed by atoms with Gasteiger partial charge in [-0.3, -0.25) is 4.90 Å². The van der Waals surface area contributed by atoms with E-state index >= 15 is 0 Å². The van der Waals surface area contributed by atoms with Gasteiger partial charge in [-0.2, -0.15) is 10.5 Å². The molecule has 1 aromatic rings. The van der Waals surface area contributed by atoms with E-state index in [0.29, 0.717) is 18.7 Å². The summed E-state index contributed by atoms with van der Waals surface area (Å²) in [6.45, 7) is 2.90. The third-order valence-corrected chi connectivity index (χ3v) is 2.78. The van der Waals surface area contributed by atoms with E-state index in [1.807, 2.05) is 24.3 Å². The zero-order valence-corrected chi connectivity index (χ0v) is 9.47. The minimum Gasteiger partial charge on any atom is -0.361 e. The van der Waals surface area contributed by atoms with E-state index in [1.165, 1.54) is 0 Å². The fourth-order valence-corrected chi connectivity index (χ4v) is 1.87. The summed E-state index contributed by atoms with van der Waals surface area (Å²) >= 11 is 0. The van der Waals surface area contributed by atoms with E-state index in [9.17, 15) is 0 Å². The molecular formula is C13H13N3O. The van der Waals surface area contributed by atoms with Crippen molar-refractivity contribution in [1.29, 1.82) is 10.5 Å². The van der Waals surface area contributed by atoms with E-state index in [0.717, 1.165) is 18.7 Å². The molecule has 2 rings (SSSR count). The van der Waals surface area contributed by atoms with Gasteiger partial charge in [0.15, 0.2) is 6.10 Å². The molecule has 0 radical (unpaired) electrons. The Morgan fingerprint density at radius 1 is 1.29 bits per heavy atom. The van der Waals surface area contributed by atoms with Crippen molar-refractivity contribution in [2.45, 2.75) is 12.6 Å². The van der Waals surface area contributed by atoms with Crippen LogP contribution in [0.4, 0.5) is 0 Å². The first-order valence-corrected chi connectivity index (χ1v) is 5.54. The molecule has 1 atom stereocenters. The highest BCUT2D eigenvalue weighted by atomic mass is 16.5. The summed E-state index contributed by atoms with van der Waals surface area (Å²) in [6.07, 6.45) is -0.317. The molecule has 0 amide bonds. The van der Waals surface area contributed by atoms with Crippen molar-refractivity contribution in [2.75, 3.05) is 19.7 Å². The van der Waals surface area contributed by atoms with Gasteiger partial charge in [-0.05, 0) is 17.7 Å². The molecule has 1 heterocycles. The molecule has 86 valence electrons. The van der Waals surface area contributed by atoms with Crippen LogP contribution in [-0.4, -0.2) is 30.7 Å². The summed E-state index contributed by atoms with van der Waals surface area (Å²) in [5, 5.41) is 17.5. The number of nitrogens with zero attached hydrogens (tertiary/aromatic N) is 3. The second kappa shape index (κ2) is 5.45. The first kappa shape index (κ1) is 11.6. The van der Waals surface area contributed by atoms with Gasteiger partial charge in [-0.15, -0.1) is 0 Å². The molecule has 1 aliphatic rings. The highest BCUT2D eigenvalue weighted by Gasteiger charge is 2.19. The average molecular weight is 227 g/mol. The van der Waals surface area contributed by atoms with E-state index in [2.05, 4.69) is 17.0 Å². The Bertz CT molecular complexity index is 455. The van der Waals surface area contributed by atoms with Crippen LogP contribution in [0.2, 0.25) is 0 Å². The lowest BCUT2D eigenvalue weighted by molar-refractivity contribution is -0.00269. The summed E-state index contributed by atoms with van der Waals surface area (Å²) in [6, 6.07) is 11.8. The van der Waals surface area contributed by atoms with E-state index in [-0.39, 0.29) is 6.10 Å². The fourth-order valence-electron chi connectivity index (χ4n) is 1.87. The SMILES string of the molecule is N#Cc1ccc(CN2CCOC(C#N)C2)cc1. The maximum atomic E-state index is 8.81. The Labute approximate surface area is 101 Å². The van der Waals surface area contributed by atoms with Gasteiger partial charge in [-0.1, -0.05) is 12.1 Å². The van der Waals surface area contributed by atoms with Gasteiger partial charge in [0, 0.05) is 19.6 Å². The molecule has 0 aliphatic carbocycles. The minimum absolute atomic E-state index is 0.317. The van der Waals surface area contributed by atoms with Gasteiger partial charge >= 0.3 is 0 Å². The normalized spacial score (nSPS) is 20.5. The molecule has 0 bridgehead atoms. The summed E-state index contributed by atoms with van der Waals surface area (Å²) < 4.78 is 5.29. The number of nitriles is 2. The van der Waals surface area contributed by atoms with Crippen LogP contribution >= 0.6 is 0 Å². The van der Waals surface area contributed by atoms with Gasteiger partial charge in [0.2, 0.25) is 0 Å². The van der Waals surface area contributed by atoms with E-state index in [1.54, 1.807) is 0 Å². The first-order valence-electron chi connectivity index (χ1n) is 5.54. The lowest BCUT2D eigenvalue weighted by atomic mass is 10.1. The number of ether oxygens (including phenoxy) is 1. The van der Waals surface area contributed by atoms with Crippen LogP contribution in [-0.2, 0) is 11.3 Å². The lowest BCUT2D eigenvalue weighted by Crippen LogP contribution is -2.41.